The molecule has 0 bridgehead atoms. The third-order valence-corrected chi connectivity index (χ3v) is 5.17. The Bertz CT molecular complexity index is 918. The fourth-order valence-corrected chi connectivity index (χ4v) is 3.87. The van der Waals surface area contributed by atoms with E-state index in [1.54, 1.807) is 19.1 Å². The van der Waals surface area contributed by atoms with Crippen molar-refractivity contribution >= 4 is 28.7 Å². The number of aryl methyl sites for hydroxylation is 1. The van der Waals surface area contributed by atoms with Gasteiger partial charge in [-0.15, -0.1) is 0 Å². The zero-order valence-corrected chi connectivity index (χ0v) is 14.5. The maximum atomic E-state index is 12.8. The van der Waals surface area contributed by atoms with Crippen LogP contribution in [0.3, 0.4) is 0 Å². The predicted octanol–water partition coefficient (Wildman–Crippen LogP) is 2.44. The quantitative estimate of drug-likeness (QED) is 0.812. The molecule has 0 radical (unpaired) electrons. The molecule has 1 saturated heterocycles. The van der Waals surface area contributed by atoms with E-state index in [0.29, 0.717) is 35.0 Å². The number of carbonyl (C=O) groups is 3. The summed E-state index contributed by atoms with van der Waals surface area (Å²) in [4.78, 5) is 42.4. The van der Waals surface area contributed by atoms with Crippen LogP contribution in [0.5, 0.6) is 0 Å². The summed E-state index contributed by atoms with van der Waals surface area (Å²) in [7, 11) is 0. The molecule has 134 valence electrons. The first kappa shape index (κ1) is 16.5. The van der Waals surface area contributed by atoms with Gasteiger partial charge in [0.15, 0.2) is 0 Å². The lowest BCUT2D eigenvalue weighted by Crippen LogP contribution is -2.51. The number of hydrogen-bond acceptors (Lipinski definition) is 4. The lowest BCUT2D eigenvalue weighted by Gasteiger charge is -2.30. The highest BCUT2D eigenvalue weighted by Gasteiger charge is 2.52. The molecular formula is C19H20N4O3. The zero-order chi connectivity index (χ0) is 18.3. The molecule has 7 heteroatoms. The van der Waals surface area contributed by atoms with Crippen molar-refractivity contribution in [2.24, 2.45) is 0 Å². The minimum Gasteiger partial charge on any atom is -0.322 e. The van der Waals surface area contributed by atoms with Crippen molar-refractivity contribution in [1.29, 1.82) is 0 Å². The maximum Gasteiger partial charge on any atom is 0.344 e. The Kier molecular flexibility index (Phi) is 3.86. The van der Waals surface area contributed by atoms with Gasteiger partial charge in [0.2, 0.25) is 0 Å². The summed E-state index contributed by atoms with van der Waals surface area (Å²) in [6, 6.07) is 8.38. The van der Waals surface area contributed by atoms with E-state index >= 15 is 0 Å². The third-order valence-electron chi connectivity index (χ3n) is 5.17. The molecule has 1 aliphatic heterocycles. The molecule has 2 N–H and O–H groups in total. The molecule has 1 aliphatic carbocycles. The predicted molar refractivity (Wildman–Crippen MR) is 95.1 cm³/mol. The van der Waals surface area contributed by atoms with E-state index in [0.717, 1.165) is 24.3 Å². The van der Waals surface area contributed by atoms with Gasteiger partial charge < -0.3 is 5.32 Å². The summed E-state index contributed by atoms with van der Waals surface area (Å²) in [5.74, 6) is -0.867. The highest BCUT2D eigenvalue weighted by molar-refractivity contribution is 6.11. The smallest absolute Gasteiger partial charge is 0.322 e. The number of hydrazine groups is 1. The Balaban J connectivity index is 1.63. The normalized spacial score (nSPS) is 19.0. The number of fused-ring (bicyclic) bond motifs is 1. The number of pyridine rings is 1. The van der Waals surface area contributed by atoms with Crippen molar-refractivity contribution in [3.8, 4) is 0 Å². The summed E-state index contributed by atoms with van der Waals surface area (Å²) < 4.78 is 0. The fourth-order valence-electron chi connectivity index (χ4n) is 3.87. The highest BCUT2D eigenvalue weighted by atomic mass is 16.2. The van der Waals surface area contributed by atoms with E-state index in [9.17, 15) is 14.4 Å². The van der Waals surface area contributed by atoms with Gasteiger partial charge in [0, 0.05) is 11.1 Å². The van der Waals surface area contributed by atoms with Crippen LogP contribution in [0.1, 0.15) is 48.2 Å². The van der Waals surface area contributed by atoms with Gasteiger partial charge >= 0.3 is 6.03 Å². The van der Waals surface area contributed by atoms with Crippen molar-refractivity contribution in [3.05, 3.63) is 41.6 Å². The van der Waals surface area contributed by atoms with Gasteiger partial charge in [-0.3, -0.25) is 20.0 Å². The molecule has 2 heterocycles. The minimum absolute atomic E-state index is 0.370. The number of nitrogens with zero attached hydrogens (tertiary/aromatic N) is 2. The highest BCUT2D eigenvalue weighted by Crippen LogP contribution is 2.33. The van der Waals surface area contributed by atoms with Crippen LogP contribution in [-0.4, -0.2) is 33.4 Å². The molecule has 4 amide bonds. The van der Waals surface area contributed by atoms with Crippen LogP contribution in [0, 0.1) is 6.92 Å². The molecule has 26 heavy (non-hydrogen) atoms. The monoisotopic (exact) mass is 352 g/mol. The number of nitrogens with one attached hydrogen (secondary N) is 2. The number of benzene rings is 1. The van der Waals surface area contributed by atoms with E-state index in [2.05, 4.69) is 15.7 Å². The van der Waals surface area contributed by atoms with Gasteiger partial charge in [0.1, 0.15) is 5.54 Å². The van der Waals surface area contributed by atoms with E-state index in [1.165, 1.54) is 0 Å². The topological polar surface area (TPSA) is 91.4 Å². The van der Waals surface area contributed by atoms with Crippen molar-refractivity contribution < 1.29 is 14.4 Å². The number of hydrogen-bond donors (Lipinski definition) is 2. The number of urea groups is 1. The Morgan fingerprint density at radius 1 is 1.19 bits per heavy atom. The van der Waals surface area contributed by atoms with Gasteiger partial charge in [0.05, 0.1) is 11.1 Å². The van der Waals surface area contributed by atoms with E-state index in [1.807, 2.05) is 18.2 Å². The van der Waals surface area contributed by atoms with Gasteiger partial charge in [-0.25, -0.2) is 4.79 Å². The van der Waals surface area contributed by atoms with Crippen molar-refractivity contribution in [2.45, 2.75) is 44.6 Å². The van der Waals surface area contributed by atoms with E-state index in [4.69, 9.17) is 0 Å². The standard InChI is InChI=1S/C19H20N4O3/c1-12-11-14(13-7-3-4-8-15(13)20-12)16(24)22-23-17(25)19(21-18(23)26)9-5-2-6-10-19/h3-4,7-8,11H,2,5-6,9-10H2,1H3,(H,21,26)(H,22,24). The number of aromatic nitrogens is 1. The maximum absolute atomic E-state index is 12.8. The number of carbonyl (C=O) groups excluding carboxylic acids is 3. The first-order valence-electron chi connectivity index (χ1n) is 8.84. The van der Waals surface area contributed by atoms with E-state index < -0.39 is 17.5 Å². The second kappa shape index (κ2) is 6.09. The van der Waals surface area contributed by atoms with Crippen LogP contribution in [0.15, 0.2) is 30.3 Å². The second-order valence-electron chi connectivity index (χ2n) is 6.98. The van der Waals surface area contributed by atoms with Crippen molar-refractivity contribution in [3.63, 3.8) is 0 Å². The summed E-state index contributed by atoms with van der Waals surface area (Å²) >= 11 is 0. The molecule has 4 rings (SSSR count). The van der Waals surface area contributed by atoms with Crippen LogP contribution >= 0.6 is 0 Å². The molecule has 0 unspecified atom stereocenters. The fraction of sp³-hybridized carbons (Fsp3) is 0.368. The third kappa shape index (κ3) is 2.60. The first-order valence-corrected chi connectivity index (χ1v) is 8.84. The number of imide groups is 1. The van der Waals surface area contributed by atoms with Crippen LogP contribution in [0.2, 0.25) is 0 Å². The molecular weight excluding hydrogens is 332 g/mol. The molecule has 1 aromatic carbocycles. The van der Waals surface area contributed by atoms with E-state index in [-0.39, 0.29) is 5.91 Å². The molecule has 7 nitrogen and oxygen atoms in total. The number of amides is 4. The zero-order valence-electron chi connectivity index (χ0n) is 14.5. The summed E-state index contributed by atoms with van der Waals surface area (Å²) in [5.41, 5.74) is 3.40. The SMILES string of the molecule is Cc1cc(C(=O)NN2C(=O)NC3(CCCCC3)C2=O)c2ccccc2n1. The van der Waals surface area contributed by atoms with Gasteiger partial charge in [0.25, 0.3) is 11.8 Å². The lowest BCUT2D eigenvalue weighted by molar-refractivity contribution is -0.134. The lowest BCUT2D eigenvalue weighted by atomic mass is 9.82. The average molecular weight is 352 g/mol. The minimum atomic E-state index is -0.862. The largest absolute Gasteiger partial charge is 0.344 e. The van der Waals surface area contributed by atoms with Crippen molar-refractivity contribution in [1.82, 2.24) is 20.7 Å². The summed E-state index contributed by atoms with van der Waals surface area (Å²) in [5, 5.41) is 4.29. The Hall–Kier alpha value is -2.96. The summed E-state index contributed by atoms with van der Waals surface area (Å²) in [6.45, 7) is 1.80. The second-order valence-corrected chi connectivity index (χ2v) is 6.98. The molecule has 1 aromatic heterocycles. The van der Waals surface area contributed by atoms with Crippen molar-refractivity contribution in [2.75, 3.05) is 0 Å². The van der Waals surface area contributed by atoms with Crippen LogP contribution in [0.25, 0.3) is 10.9 Å². The number of rotatable bonds is 2. The Labute approximate surface area is 150 Å². The molecule has 2 fully saturated rings. The average Bonchev–Trinajstić information content (AvgIpc) is 2.85. The number of para-hydroxylation sites is 1. The molecule has 1 saturated carbocycles. The van der Waals surface area contributed by atoms with Gasteiger partial charge in [-0.1, -0.05) is 37.5 Å². The Morgan fingerprint density at radius 3 is 2.69 bits per heavy atom. The first-order chi connectivity index (χ1) is 12.5. The van der Waals surface area contributed by atoms with Crippen LogP contribution in [-0.2, 0) is 4.79 Å². The van der Waals surface area contributed by atoms with Crippen LogP contribution in [0.4, 0.5) is 4.79 Å². The molecule has 2 aliphatic rings. The molecule has 0 atom stereocenters. The van der Waals surface area contributed by atoms with Crippen LogP contribution < -0.4 is 10.7 Å². The molecule has 1 spiro atoms. The Morgan fingerprint density at radius 2 is 1.92 bits per heavy atom. The van der Waals surface area contributed by atoms with Gasteiger partial charge in [-0.05, 0) is 31.9 Å². The summed E-state index contributed by atoms with van der Waals surface area (Å²) in [6.07, 6.45) is 4.06. The van der Waals surface area contributed by atoms with Gasteiger partial charge in [-0.2, -0.15) is 5.01 Å². The molecule has 2 aromatic rings.